The molecular formula is C12H11NO3S. The van der Waals surface area contributed by atoms with Gasteiger partial charge in [-0.25, -0.2) is 4.79 Å². The molecule has 0 radical (unpaired) electrons. The summed E-state index contributed by atoms with van der Waals surface area (Å²) in [5, 5.41) is 20.2. The van der Waals surface area contributed by atoms with Gasteiger partial charge in [0.15, 0.2) is 0 Å². The average Bonchev–Trinajstić information content (AvgIpc) is 2.81. The van der Waals surface area contributed by atoms with E-state index in [0.717, 1.165) is 4.88 Å². The molecule has 1 aromatic carbocycles. The van der Waals surface area contributed by atoms with Crippen molar-refractivity contribution in [3.8, 4) is 5.75 Å². The second-order valence-electron chi connectivity index (χ2n) is 3.57. The number of nitrogens with two attached hydrogens (primary N) is 1. The molecule has 2 aromatic rings. The summed E-state index contributed by atoms with van der Waals surface area (Å²) in [5.41, 5.74) is 6.55. The standard InChI is InChI=1S/C12H11NO3S/c13-11(10-2-1-5-17-10)7-3-4-9(14)8(6-7)12(15)16/h1-6,11,14H,13H2,(H,15,16)/t11-/m1/s1. The van der Waals surface area contributed by atoms with Gasteiger partial charge >= 0.3 is 5.97 Å². The van der Waals surface area contributed by atoms with E-state index in [1.54, 1.807) is 6.07 Å². The summed E-state index contributed by atoms with van der Waals surface area (Å²) in [6, 6.07) is 7.80. The zero-order chi connectivity index (χ0) is 12.4. The number of carbonyl (C=O) groups is 1. The van der Waals surface area contributed by atoms with Crippen molar-refractivity contribution in [3.05, 3.63) is 51.7 Å². The Kier molecular flexibility index (Phi) is 3.12. The molecule has 4 nitrogen and oxygen atoms in total. The fraction of sp³-hybridized carbons (Fsp3) is 0.0833. The predicted molar refractivity (Wildman–Crippen MR) is 65.4 cm³/mol. The van der Waals surface area contributed by atoms with Crippen LogP contribution >= 0.6 is 11.3 Å². The largest absolute Gasteiger partial charge is 0.507 e. The summed E-state index contributed by atoms with van der Waals surface area (Å²) in [6.45, 7) is 0. The van der Waals surface area contributed by atoms with Gasteiger partial charge in [0.1, 0.15) is 11.3 Å². The molecule has 0 bridgehead atoms. The van der Waals surface area contributed by atoms with E-state index in [2.05, 4.69) is 0 Å². The monoisotopic (exact) mass is 249 g/mol. The minimum Gasteiger partial charge on any atom is -0.507 e. The molecule has 1 heterocycles. The Morgan fingerprint density at radius 3 is 2.71 bits per heavy atom. The van der Waals surface area contributed by atoms with Crippen molar-refractivity contribution < 1.29 is 15.0 Å². The summed E-state index contributed by atoms with van der Waals surface area (Å²) < 4.78 is 0. The van der Waals surface area contributed by atoms with Gasteiger partial charge in [-0.1, -0.05) is 12.1 Å². The maximum absolute atomic E-state index is 10.9. The molecule has 0 unspecified atom stereocenters. The lowest BCUT2D eigenvalue weighted by Crippen LogP contribution is -2.11. The Bertz CT molecular complexity index is 537. The molecule has 0 aliphatic carbocycles. The Hall–Kier alpha value is -1.85. The zero-order valence-corrected chi connectivity index (χ0v) is 9.65. The molecule has 88 valence electrons. The molecule has 2 rings (SSSR count). The van der Waals surface area contributed by atoms with Crippen LogP contribution in [0.15, 0.2) is 35.7 Å². The summed E-state index contributed by atoms with van der Waals surface area (Å²) in [5.74, 6) is -1.41. The lowest BCUT2D eigenvalue weighted by molar-refractivity contribution is 0.0693. The molecule has 4 N–H and O–H groups in total. The zero-order valence-electron chi connectivity index (χ0n) is 8.83. The van der Waals surface area contributed by atoms with Crippen molar-refractivity contribution in [3.63, 3.8) is 0 Å². The van der Waals surface area contributed by atoms with Crippen LogP contribution in [-0.4, -0.2) is 16.2 Å². The number of rotatable bonds is 3. The van der Waals surface area contributed by atoms with Crippen LogP contribution in [0.1, 0.15) is 26.8 Å². The van der Waals surface area contributed by atoms with Crippen LogP contribution < -0.4 is 5.73 Å². The van der Waals surface area contributed by atoms with E-state index in [-0.39, 0.29) is 17.4 Å². The first kappa shape index (κ1) is 11.6. The fourth-order valence-electron chi connectivity index (χ4n) is 1.55. The van der Waals surface area contributed by atoms with Gasteiger partial charge in [0.25, 0.3) is 0 Å². The van der Waals surface area contributed by atoms with Crippen LogP contribution in [0, 0.1) is 0 Å². The maximum Gasteiger partial charge on any atom is 0.339 e. The smallest absolute Gasteiger partial charge is 0.339 e. The highest BCUT2D eigenvalue weighted by atomic mass is 32.1. The third-order valence-corrected chi connectivity index (χ3v) is 3.42. The maximum atomic E-state index is 10.9. The van der Waals surface area contributed by atoms with Crippen LogP contribution in [-0.2, 0) is 0 Å². The molecule has 0 fully saturated rings. The molecular weight excluding hydrogens is 238 g/mol. The highest BCUT2D eigenvalue weighted by molar-refractivity contribution is 7.10. The first-order valence-corrected chi connectivity index (χ1v) is 5.82. The number of thiophene rings is 1. The van der Waals surface area contributed by atoms with Crippen molar-refractivity contribution in [2.75, 3.05) is 0 Å². The van der Waals surface area contributed by atoms with Crippen LogP contribution in [0.2, 0.25) is 0 Å². The molecule has 0 saturated carbocycles. The second kappa shape index (κ2) is 4.57. The van der Waals surface area contributed by atoms with E-state index < -0.39 is 5.97 Å². The minimum atomic E-state index is -1.16. The molecule has 0 saturated heterocycles. The molecule has 1 atom stereocenters. The van der Waals surface area contributed by atoms with E-state index in [1.807, 2.05) is 17.5 Å². The number of aromatic carboxylic acids is 1. The Morgan fingerprint density at radius 2 is 2.12 bits per heavy atom. The highest BCUT2D eigenvalue weighted by Gasteiger charge is 2.15. The van der Waals surface area contributed by atoms with Crippen LogP contribution in [0.5, 0.6) is 5.75 Å². The van der Waals surface area contributed by atoms with E-state index in [0.29, 0.717) is 5.56 Å². The average molecular weight is 249 g/mol. The SMILES string of the molecule is N[C@H](c1ccc(O)c(C(=O)O)c1)c1cccs1. The summed E-state index contributed by atoms with van der Waals surface area (Å²) >= 11 is 1.51. The van der Waals surface area contributed by atoms with Crippen molar-refractivity contribution in [1.29, 1.82) is 0 Å². The fourth-order valence-corrected chi connectivity index (χ4v) is 2.30. The molecule has 1 aromatic heterocycles. The van der Waals surface area contributed by atoms with Gasteiger partial charge in [-0.2, -0.15) is 0 Å². The van der Waals surface area contributed by atoms with Crippen molar-refractivity contribution in [1.82, 2.24) is 0 Å². The van der Waals surface area contributed by atoms with Gasteiger partial charge in [-0.3, -0.25) is 0 Å². The van der Waals surface area contributed by atoms with Gasteiger partial charge < -0.3 is 15.9 Å². The predicted octanol–water partition coefficient (Wildman–Crippen LogP) is 2.20. The molecule has 17 heavy (non-hydrogen) atoms. The van der Waals surface area contributed by atoms with Gasteiger partial charge in [0, 0.05) is 4.88 Å². The number of phenols is 1. The van der Waals surface area contributed by atoms with Crippen LogP contribution in [0.3, 0.4) is 0 Å². The van der Waals surface area contributed by atoms with Gasteiger partial charge in [0.2, 0.25) is 0 Å². The summed E-state index contributed by atoms with van der Waals surface area (Å²) in [4.78, 5) is 11.8. The minimum absolute atomic E-state index is 0.130. The van der Waals surface area contributed by atoms with Crippen LogP contribution in [0.25, 0.3) is 0 Å². The van der Waals surface area contributed by atoms with E-state index in [1.165, 1.54) is 23.5 Å². The molecule has 5 heteroatoms. The number of aromatic hydroxyl groups is 1. The van der Waals surface area contributed by atoms with Crippen LogP contribution in [0.4, 0.5) is 0 Å². The molecule has 0 aliphatic heterocycles. The number of hydrogen-bond donors (Lipinski definition) is 3. The normalized spacial score (nSPS) is 12.3. The van der Waals surface area contributed by atoms with E-state index >= 15 is 0 Å². The van der Waals surface area contributed by atoms with Gasteiger partial charge in [-0.05, 0) is 29.1 Å². The van der Waals surface area contributed by atoms with Crippen molar-refractivity contribution >= 4 is 17.3 Å². The first-order valence-electron chi connectivity index (χ1n) is 4.95. The van der Waals surface area contributed by atoms with E-state index in [4.69, 9.17) is 10.8 Å². The third-order valence-electron chi connectivity index (χ3n) is 2.46. The van der Waals surface area contributed by atoms with Gasteiger partial charge in [0.05, 0.1) is 6.04 Å². The van der Waals surface area contributed by atoms with Crippen molar-refractivity contribution in [2.45, 2.75) is 6.04 Å². The Balaban J connectivity index is 2.40. The molecule has 0 amide bonds. The topological polar surface area (TPSA) is 83.5 Å². The Morgan fingerprint density at radius 1 is 1.35 bits per heavy atom. The summed E-state index contributed by atoms with van der Waals surface area (Å²) in [7, 11) is 0. The van der Waals surface area contributed by atoms with Gasteiger partial charge in [-0.15, -0.1) is 11.3 Å². The Labute approximate surface area is 102 Å². The second-order valence-corrected chi connectivity index (χ2v) is 4.55. The number of hydrogen-bond acceptors (Lipinski definition) is 4. The third kappa shape index (κ3) is 2.30. The first-order chi connectivity index (χ1) is 8.09. The lowest BCUT2D eigenvalue weighted by Gasteiger charge is -2.11. The highest BCUT2D eigenvalue weighted by Crippen LogP contribution is 2.27. The number of carboxylic acids is 1. The quantitative estimate of drug-likeness (QED) is 0.778. The van der Waals surface area contributed by atoms with Crippen molar-refractivity contribution in [2.24, 2.45) is 5.73 Å². The molecule has 0 aliphatic rings. The summed E-state index contributed by atoms with van der Waals surface area (Å²) in [6.07, 6.45) is 0. The number of carboxylic acid groups (broad SMARTS) is 1. The van der Waals surface area contributed by atoms with E-state index in [9.17, 15) is 9.90 Å². The molecule has 0 spiro atoms. The number of benzene rings is 1. The lowest BCUT2D eigenvalue weighted by atomic mass is 10.0.